The smallest absolute Gasteiger partial charge is 0.260 e. The Morgan fingerprint density at radius 3 is 2.05 bits per heavy atom. The Hall–Kier alpha value is -1.60. The number of amides is 1. The average Bonchev–Trinajstić information content (AvgIpc) is 2.46. The molecule has 1 amide bonds. The Morgan fingerprint density at radius 2 is 1.62 bits per heavy atom. The van der Waals surface area contributed by atoms with Crippen LogP contribution in [-0.2, 0) is 14.8 Å². The summed E-state index contributed by atoms with van der Waals surface area (Å²) >= 11 is 0. The van der Waals surface area contributed by atoms with Gasteiger partial charge in [0.2, 0.25) is 10.0 Å². The van der Waals surface area contributed by atoms with Crippen LogP contribution in [-0.4, -0.2) is 57.3 Å². The van der Waals surface area contributed by atoms with E-state index in [1.807, 2.05) is 13.8 Å². The Morgan fingerprint density at radius 1 is 1.10 bits per heavy atom. The molecule has 0 N–H and O–H groups in total. The van der Waals surface area contributed by atoms with Crippen LogP contribution in [0, 0.1) is 0 Å². The molecule has 0 spiro atoms. The zero-order chi connectivity index (χ0) is 16.0. The van der Waals surface area contributed by atoms with E-state index in [9.17, 15) is 13.2 Å². The van der Waals surface area contributed by atoms with Gasteiger partial charge in [0, 0.05) is 27.2 Å². The molecule has 0 unspecified atom stereocenters. The minimum Gasteiger partial charge on any atom is -0.484 e. The monoisotopic (exact) mass is 314 g/mol. The summed E-state index contributed by atoms with van der Waals surface area (Å²) in [5, 5.41) is 0. The highest BCUT2D eigenvalue weighted by atomic mass is 32.2. The number of benzene rings is 1. The highest BCUT2D eigenvalue weighted by Gasteiger charge is 2.17. The molecule has 1 aromatic rings. The fourth-order valence-corrected chi connectivity index (χ4v) is 2.63. The van der Waals surface area contributed by atoms with E-state index >= 15 is 0 Å². The number of hydrogen-bond acceptors (Lipinski definition) is 4. The lowest BCUT2D eigenvalue weighted by Crippen LogP contribution is -2.34. The van der Waals surface area contributed by atoms with Gasteiger partial charge in [0.1, 0.15) is 5.75 Å². The van der Waals surface area contributed by atoms with Crippen LogP contribution < -0.4 is 4.74 Å². The fraction of sp³-hybridized carbons (Fsp3) is 0.500. The number of hydrogen-bond donors (Lipinski definition) is 0. The molecule has 0 aromatic heterocycles. The van der Waals surface area contributed by atoms with Crippen molar-refractivity contribution in [1.29, 1.82) is 0 Å². The summed E-state index contributed by atoms with van der Waals surface area (Å²) in [6, 6.07) is 6.02. The fourth-order valence-electron chi connectivity index (χ4n) is 1.73. The van der Waals surface area contributed by atoms with Gasteiger partial charge < -0.3 is 9.64 Å². The highest BCUT2D eigenvalue weighted by Crippen LogP contribution is 2.18. The molecule has 1 aromatic carbocycles. The molecular formula is C14H22N2O4S. The number of carbonyl (C=O) groups is 1. The van der Waals surface area contributed by atoms with E-state index in [0.29, 0.717) is 18.8 Å². The first kappa shape index (κ1) is 17.5. The summed E-state index contributed by atoms with van der Waals surface area (Å²) in [7, 11) is -0.494. The van der Waals surface area contributed by atoms with Crippen molar-refractivity contribution in [3.05, 3.63) is 24.3 Å². The molecule has 7 heteroatoms. The topological polar surface area (TPSA) is 66.9 Å². The Bertz CT molecular complexity index is 563. The maximum atomic E-state index is 11.9. The summed E-state index contributed by atoms with van der Waals surface area (Å²) in [5.41, 5.74) is 0. The Balaban J connectivity index is 2.70. The lowest BCUT2D eigenvalue weighted by atomic mass is 10.3. The van der Waals surface area contributed by atoms with Crippen molar-refractivity contribution < 1.29 is 17.9 Å². The normalized spacial score (nSPS) is 11.5. The molecule has 0 atom stereocenters. The summed E-state index contributed by atoms with van der Waals surface area (Å²) in [4.78, 5) is 13.7. The van der Waals surface area contributed by atoms with Gasteiger partial charge in [0.25, 0.3) is 5.91 Å². The number of sulfonamides is 1. The molecule has 21 heavy (non-hydrogen) atoms. The number of ether oxygens (including phenoxy) is 1. The first-order valence-corrected chi connectivity index (χ1v) is 8.20. The maximum absolute atomic E-state index is 11.9. The number of likely N-dealkylation sites (N-methyl/N-ethyl adjacent to an activating group) is 1. The number of nitrogens with zero attached hydrogens (tertiary/aromatic N) is 2. The van der Waals surface area contributed by atoms with Gasteiger partial charge in [-0.15, -0.1) is 0 Å². The van der Waals surface area contributed by atoms with Crippen LogP contribution >= 0.6 is 0 Å². The second-order valence-electron chi connectivity index (χ2n) is 4.61. The van der Waals surface area contributed by atoms with Crippen molar-refractivity contribution in [2.45, 2.75) is 18.7 Å². The van der Waals surface area contributed by atoms with Crippen molar-refractivity contribution >= 4 is 15.9 Å². The summed E-state index contributed by atoms with van der Waals surface area (Å²) in [6.07, 6.45) is 0. The standard InChI is InChI=1S/C14H22N2O4S/c1-5-16(6-2)14(17)11-20-12-7-9-13(10-8-12)21(18,19)15(3)4/h7-10H,5-6,11H2,1-4H3. The molecule has 6 nitrogen and oxygen atoms in total. The van der Waals surface area contributed by atoms with Crippen LogP contribution in [0.1, 0.15) is 13.8 Å². The minimum atomic E-state index is -3.44. The average molecular weight is 314 g/mol. The van der Waals surface area contributed by atoms with Gasteiger partial charge in [-0.2, -0.15) is 0 Å². The van der Waals surface area contributed by atoms with Crippen LogP contribution in [0.2, 0.25) is 0 Å². The van der Waals surface area contributed by atoms with Crippen LogP contribution in [0.5, 0.6) is 5.75 Å². The van der Waals surface area contributed by atoms with E-state index in [1.54, 1.807) is 17.0 Å². The van der Waals surface area contributed by atoms with Crippen LogP contribution in [0.3, 0.4) is 0 Å². The van der Waals surface area contributed by atoms with Gasteiger partial charge in [-0.1, -0.05) is 0 Å². The molecule has 0 fully saturated rings. The molecule has 118 valence electrons. The predicted molar refractivity (Wildman–Crippen MR) is 80.7 cm³/mol. The van der Waals surface area contributed by atoms with Gasteiger partial charge in [0.15, 0.2) is 6.61 Å². The van der Waals surface area contributed by atoms with Gasteiger partial charge in [0.05, 0.1) is 4.90 Å². The predicted octanol–water partition coefficient (Wildman–Crippen LogP) is 1.18. The van der Waals surface area contributed by atoms with Crippen LogP contribution in [0.25, 0.3) is 0 Å². The van der Waals surface area contributed by atoms with Crippen molar-refractivity contribution in [1.82, 2.24) is 9.21 Å². The molecule has 0 saturated heterocycles. The van der Waals surface area contributed by atoms with Gasteiger partial charge >= 0.3 is 0 Å². The van der Waals surface area contributed by atoms with E-state index < -0.39 is 10.0 Å². The zero-order valence-corrected chi connectivity index (χ0v) is 13.7. The summed E-state index contributed by atoms with van der Waals surface area (Å²) < 4.78 is 30.3. The van der Waals surface area contributed by atoms with Crippen molar-refractivity contribution in [3.63, 3.8) is 0 Å². The summed E-state index contributed by atoms with van der Waals surface area (Å²) in [6.45, 7) is 5.03. The van der Waals surface area contributed by atoms with E-state index in [4.69, 9.17) is 4.74 Å². The van der Waals surface area contributed by atoms with E-state index in [2.05, 4.69) is 0 Å². The minimum absolute atomic E-state index is 0.0541. The first-order valence-electron chi connectivity index (χ1n) is 6.76. The molecule has 0 aliphatic carbocycles. The van der Waals surface area contributed by atoms with Crippen molar-refractivity contribution in [2.75, 3.05) is 33.8 Å². The molecule has 0 heterocycles. The lowest BCUT2D eigenvalue weighted by Gasteiger charge is -2.18. The number of rotatable bonds is 7. The van der Waals surface area contributed by atoms with Crippen LogP contribution in [0.15, 0.2) is 29.2 Å². The third-order valence-electron chi connectivity index (χ3n) is 3.08. The third kappa shape index (κ3) is 4.44. The molecule has 0 bridgehead atoms. The molecular weight excluding hydrogens is 292 g/mol. The molecule has 1 rings (SSSR count). The molecule has 0 aliphatic heterocycles. The van der Waals surface area contributed by atoms with Crippen molar-refractivity contribution in [3.8, 4) is 5.75 Å². The molecule has 0 saturated carbocycles. The summed E-state index contributed by atoms with van der Waals surface area (Å²) in [5.74, 6) is 0.373. The second-order valence-corrected chi connectivity index (χ2v) is 6.77. The van der Waals surface area contributed by atoms with E-state index in [0.717, 1.165) is 4.31 Å². The molecule has 0 aliphatic rings. The van der Waals surface area contributed by atoms with Gasteiger partial charge in [-0.25, -0.2) is 12.7 Å². The van der Waals surface area contributed by atoms with Crippen molar-refractivity contribution in [2.24, 2.45) is 0 Å². The number of carbonyl (C=O) groups excluding carboxylic acids is 1. The molecule has 0 radical (unpaired) electrons. The van der Waals surface area contributed by atoms with Gasteiger partial charge in [-0.05, 0) is 38.1 Å². The highest BCUT2D eigenvalue weighted by molar-refractivity contribution is 7.89. The van der Waals surface area contributed by atoms with Crippen LogP contribution in [0.4, 0.5) is 0 Å². The maximum Gasteiger partial charge on any atom is 0.260 e. The zero-order valence-electron chi connectivity index (χ0n) is 12.9. The first-order chi connectivity index (χ1) is 9.82. The third-order valence-corrected chi connectivity index (χ3v) is 4.91. The van der Waals surface area contributed by atoms with E-state index in [-0.39, 0.29) is 17.4 Å². The quantitative estimate of drug-likeness (QED) is 0.758. The Labute approximate surface area is 126 Å². The van der Waals surface area contributed by atoms with Gasteiger partial charge in [-0.3, -0.25) is 4.79 Å². The van der Waals surface area contributed by atoms with E-state index in [1.165, 1.54) is 26.2 Å². The second kappa shape index (κ2) is 7.42. The largest absolute Gasteiger partial charge is 0.484 e. The Kier molecular flexibility index (Phi) is 6.17. The lowest BCUT2D eigenvalue weighted by molar-refractivity contribution is -0.132. The SMILES string of the molecule is CCN(CC)C(=O)COc1ccc(S(=O)(=O)N(C)C)cc1.